The Kier molecular flexibility index (Phi) is 6.28. The molecule has 1 aliphatic carbocycles. The molecule has 0 bridgehead atoms. The lowest BCUT2D eigenvalue weighted by Crippen LogP contribution is -2.47. The van der Waals surface area contributed by atoms with Gasteiger partial charge in [0.15, 0.2) is 0 Å². The lowest BCUT2D eigenvalue weighted by molar-refractivity contribution is -0.119. The number of methoxy groups -OCH3 is 1. The summed E-state index contributed by atoms with van der Waals surface area (Å²) >= 11 is 0. The fraction of sp³-hybridized carbons (Fsp3) is 1.00. The van der Waals surface area contributed by atoms with Crippen LogP contribution in [-0.2, 0) is 9.47 Å². The highest BCUT2D eigenvalue weighted by atomic mass is 16.5. The molecule has 114 valence electrons. The number of rotatable bonds is 6. The van der Waals surface area contributed by atoms with Crippen molar-refractivity contribution in [3.05, 3.63) is 0 Å². The van der Waals surface area contributed by atoms with Crippen LogP contribution >= 0.6 is 0 Å². The molecule has 0 radical (unpaired) electrons. The molecular weight excluding hydrogens is 238 g/mol. The Morgan fingerprint density at radius 3 is 2.26 bits per heavy atom. The van der Waals surface area contributed by atoms with Crippen LogP contribution in [0, 0.1) is 11.3 Å². The Hall–Kier alpha value is -0.120. The first-order valence-corrected chi connectivity index (χ1v) is 7.70. The van der Waals surface area contributed by atoms with E-state index in [1.165, 1.54) is 12.8 Å². The molecule has 1 saturated carbocycles. The fourth-order valence-corrected chi connectivity index (χ4v) is 3.15. The first-order chi connectivity index (χ1) is 8.83. The lowest BCUT2D eigenvalue weighted by Gasteiger charge is -2.44. The van der Waals surface area contributed by atoms with Crippen molar-refractivity contribution in [3.63, 3.8) is 0 Å². The summed E-state index contributed by atoms with van der Waals surface area (Å²) in [6.07, 6.45) is 5.84. The highest BCUT2D eigenvalue weighted by Gasteiger charge is 2.39. The molecule has 1 aliphatic rings. The second-order valence-corrected chi connectivity index (χ2v) is 7.24. The molecule has 1 fully saturated rings. The molecule has 19 heavy (non-hydrogen) atoms. The van der Waals surface area contributed by atoms with Crippen molar-refractivity contribution in [1.82, 2.24) is 0 Å². The number of hydrogen-bond acceptors (Lipinski definition) is 3. The highest BCUT2D eigenvalue weighted by Crippen LogP contribution is 2.43. The van der Waals surface area contributed by atoms with E-state index in [0.717, 1.165) is 31.8 Å². The van der Waals surface area contributed by atoms with Crippen LogP contribution in [0.3, 0.4) is 0 Å². The van der Waals surface area contributed by atoms with E-state index in [-0.39, 0.29) is 11.7 Å². The maximum absolute atomic E-state index is 6.29. The SMILES string of the molecule is COCCC(C)OC1(CN)CCC(C(C)(C)C)CC1. The van der Waals surface area contributed by atoms with Gasteiger partial charge in [-0.05, 0) is 50.4 Å². The van der Waals surface area contributed by atoms with Crippen molar-refractivity contribution in [1.29, 1.82) is 0 Å². The van der Waals surface area contributed by atoms with Gasteiger partial charge in [0.1, 0.15) is 0 Å². The van der Waals surface area contributed by atoms with Crippen molar-refractivity contribution >= 4 is 0 Å². The molecule has 0 aliphatic heterocycles. The molecule has 0 aromatic rings. The topological polar surface area (TPSA) is 44.5 Å². The van der Waals surface area contributed by atoms with Gasteiger partial charge < -0.3 is 15.2 Å². The monoisotopic (exact) mass is 271 g/mol. The molecule has 0 heterocycles. The van der Waals surface area contributed by atoms with Gasteiger partial charge in [-0.2, -0.15) is 0 Å². The second kappa shape index (κ2) is 7.05. The average molecular weight is 271 g/mol. The van der Waals surface area contributed by atoms with Crippen molar-refractivity contribution < 1.29 is 9.47 Å². The molecule has 1 unspecified atom stereocenters. The van der Waals surface area contributed by atoms with Gasteiger partial charge in [0.05, 0.1) is 11.7 Å². The van der Waals surface area contributed by atoms with E-state index >= 15 is 0 Å². The molecule has 0 amide bonds. The third-order valence-electron chi connectivity index (χ3n) is 4.67. The van der Waals surface area contributed by atoms with Crippen LogP contribution < -0.4 is 5.73 Å². The minimum Gasteiger partial charge on any atom is -0.385 e. The van der Waals surface area contributed by atoms with Crippen LogP contribution in [0.15, 0.2) is 0 Å². The van der Waals surface area contributed by atoms with Crippen LogP contribution in [-0.4, -0.2) is 32.0 Å². The van der Waals surface area contributed by atoms with Gasteiger partial charge in [-0.25, -0.2) is 0 Å². The Morgan fingerprint density at radius 1 is 1.26 bits per heavy atom. The molecule has 0 aromatic carbocycles. The maximum atomic E-state index is 6.29. The summed E-state index contributed by atoms with van der Waals surface area (Å²) in [5.74, 6) is 0.796. The van der Waals surface area contributed by atoms with E-state index in [0.29, 0.717) is 12.0 Å². The third kappa shape index (κ3) is 5.05. The average Bonchev–Trinajstić information content (AvgIpc) is 2.36. The molecule has 1 atom stereocenters. The summed E-state index contributed by atoms with van der Waals surface area (Å²) in [7, 11) is 1.74. The normalized spacial score (nSPS) is 30.3. The largest absolute Gasteiger partial charge is 0.385 e. The molecule has 3 nitrogen and oxygen atoms in total. The molecule has 0 saturated heterocycles. The molecular formula is C16H33NO2. The predicted molar refractivity (Wildman–Crippen MR) is 80.2 cm³/mol. The lowest BCUT2D eigenvalue weighted by atomic mass is 9.68. The van der Waals surface area contributed by atoms with Crippen molar-refractivity contribution in [2.75, 3.05) is 20.3 Å². The van der Waals surface area contributed by atoms with Crippen LogP contribution in [0.5, 0.6) is 0 Å². The van der Waals surface area contributed by atoms with Gasteiger partial charge in [-0.3, -0.25) is 0 Å². The Balaban J connectivity index is 2.50. The van der Waals surface area contributed by atoms with E-state index < -0.39 is 0 Å². The Bertz CT molecular complexity index is 252. The number of ether oxygens (including phenoxy) is 2. The number of nitrogens with two attached hydrogens (primary N) is 1. The zero-order valence-electron chi connectivity index (χ0n) is 13.5. The Labute approximate surface area is 119 Å². The smallest absolute Gasteiger partial charge is 0.0808 e. The maximum Gasteiger partial charge on any atom is 0.0808 e. The summed E-state index contributed by atoms with van der Waals surface area (Å²) in [6.45, 7) is 10.6. The first kappa shape index (κ1) is 16.9. The third-order valence-corrected chi connectivity index (χ3v) is 4.67. The zero-order valence-corrected chi connectivity index (χ0v) is 13.5. The zero-order chi connectivity index (χ0) is 14.5. The van der Waals surface area contributed by atoms with Crippen molar-refractivity contribution in [2.24, 2.45) is 17.1 Å². The Morgan fingerprint density at radius 2 is 1.84 bits per heavy atom. The molecule has 0 aromatic heterocycles. The van der Waals surface area contributed by atoms with Gasteiger partial charge in [-0.15, -0.1) is 0 Å². The van der Waals surface area contributed by atoms with E-state index in [9.17, 15) is 0 Å². The second-order valence-electron chi connectivity index (χ2n) is 7.24. The molecule has 0 spiro atoms. The van der Waals surface area contributed by atoms with Gasteiger partial charge in [-0.1, -0.05) is 20.8 Å². The highest BCUT2D eigenvalue weighted by molar-refractivity contribution is 4.91. The fourth-order valence-electron chi connectivity index (χ4n) is 3.15. The van der Waals surface area contributed by atoms with E-state index in [2.05, 4.69) is 27.7 Å². The summed E-state index contributed by atoms with van der Waals surface area (Å²) in [6, 6.07) is 0. The van der Waals surface area contributed by atoms with Crippen LogP contribution in [0.2, 0.25) is 0 Å². The molecule has 1 rings (SSSR count). The van der Waals surface area contributed by atoms with Crippen LogP contribution in [0.1, 0.15) is 59.8 Å². The van der Waals surface area contributed by atoms with E-state index in [1.807, 2.05) is 0 Å². The summed E-state index contributed by atoms with van der Waals surface area (Å²) in [4.78, 5) is 0. The minimum absolute atomic E-state index is 0.0884. The van der Waals surface area contributed by atoms with Gasteiger partial charge in [0.2, 0.25) is 0 Å². The number of hydrogen-bond donors (Lipinski definition) is 1. The molecule has 3 heteroatoms. The summed E-state index contributed by atoms with van der Waals surface area (Å²) in [5, 5.41) is 0. The predicted octanol–water partition coefficient (Wildman–Crippen LogP) is 3.36. The van der Waals surface area contributed by atoms with Crippen LogP contribution in [0.25, 0.3) is 0 Å². The van der Waals surface area contributed by atoms with Crippen molar-refractivity contribution in [2.45, 2.75) is 71.5 Å². The quantitative estimate of drug-likeness (QED) is 0.805. The first-order valence-electron chi connectivity index (χ1n) is 7.70. The minimum atomic E-state index is -0.0884. The van der Waals surface area contributed by atoms with Gasteiger partial charge in [0.25, 0.3) is 0 Å². The molecule has 2 N–H and O–H groups in total. The van der Waals surface area contributed by atoms with Gasteiger partial charge >= 0.3 is 0 Å². The summed E-state index contributed by atoms with van der Waals surface area (Å²) < 4.78 is 11.4. The van der Waals surface area contributed by atoms with E-state index in [1.54, 1.807) is 7.11 Å². The van der Waals surface area contributed by atoms with Crippen LogP contribution in [0.4, 0.5) is 0 Å². The standard InChI is InChI=1S/C16H33NO2/c1-13(8-11-18-5)19-16(12-17)9-6-14(7-10-16)15(2,3)4/h13-14H,6-12,17H2,1-5H3. The van der Waals surface area contributed by atoms with Gasteiger partial charge in [0, 0.05) is 20.3 Å². The van der Waals surface area contributed by atoms with Crippen molar-refractivity contribution in [3.8, 4) is 0 Å². The van der Waals surface area contributed by atoms with E-state index in [4.69, 9.17) is 15.2 Å². The summed E-state index contributed by atoms with van der Waals surface area (Å²) in [5.41, 5.74) is 6.33.